The summed E-state index contributed by atoms with van der Waals surface area (Å²) < 4.78 is 30.5. The lowest BCUT2D eigenvalue weighted by Gasteiger charge is -2.29. The molecule has 0 radical (unpaired) electrons. The Morgan fingerprint density at radius 2 is 1.97 bits per heavy atom. The number of aliphatic imine (C=N–C) groups is 1. The third-order valence-corrected chi connectivity index (χ3v) is 5.49. The molecule has 1 fully saturated rings. The summed E-state index contributed by atoms with van der Waals surface area (Å²) in [7, 11) is 1.90. The van der Waals surface area contributed by atoms with Gasteiger partial charge < -0.3 is 15.4 Å². The summed E-state index contributed by atoms with van der Waals surface area (Å²) in [5.74, 6) is 6.94. The van der Waals surface area contributed by atoms with E-state index in [2.05, 4.69) is 11.8 Å². The number of guanidine groups is 1. The van der Waals surface area contributed by atoms with Gasteiger partial charge in [0.25, 0.3) is 0 Å². The van der Waals surface area contributed by atoms with Gasteiger partial charge in [-0.3, -0.25) is 0 Å². The van der Waals surface area contributed by atoms with Gasteiger partial charge >= 0.3 is 6.61 Å². The van der Waals surface area contributed by atoms with Gasteiger partial charge in [0, 0.05) is 12.6 Å². The molecule has 29 heavy (non-hydrogen) atoms. The molecule has 4 rings (SSSR count). The Labute approximate surface area is 169 Å². The smallest absolute Gasteiger partial charge is 0.387 e. The van der Waals surface area contributed by atoms with Crippen molar-refractivity contribution in [2.75, 3.05) is 13.6 Å². The van der Waals surface area contributed by atoms with Crippen molar-refractivity contribution in [1.82, 2.24) is 4.90 Å². The second kappa shape index (κ2) is 7.40. The molecule has 1 aliphatic heterocycles. The van der Waals surface area contributed by atoms with Crippen LogP contribution in [0.25, 0.3) is 0 Å². The van der Waals surface area contributed by atoms with E-state index in [4.69, 9.17) is 15.5 Å². The first-order valence-electron chi connectivity index (χ1n) is 9.62. The van der Waals surface area contributed by atoms with E-state index in [1.807, 2.05) is 48.3 Å². The van der Waals surface area contributed by atoms with Crippen molar-refractivity contribution < 1.29 is 13.5 Å². The predicted octanol–water partition coefficient (Wildman–Crippen LogP) is 4.04. The second-order valence-electron chi connectivity index (χ2n) is 7.55. The first-order chi connectivity index (χ1) is 13.9. The fourth-order valence-electron chi connectivity index (χ4n) is 3.94. The van der Waals surface area contributed by atoms with Gasteiger partial charge in [-0.25, -0.2) is 4.99 Å². The van der Waals surface area contributed by atoms with Crippen LogP contribution in [0.4, 0.5) is 8.78 Å². The number of hydrogen-bond donors (Lipinski definition) is 1. The first-order valence-corrected chi connectivity index (χ1v) is 9.62. The molecule has 6 heteroatoms. The van der Waals surface area contributed by atoms with Crippen LogP contribution in [0.5, 0.6) is 5.75 Å². The van der Waals surface area contributed by atoms with Gasteiger partial charge in [0.05, 0.1) is 6.54 Å². The summed E-state index contributed by atoms with van der Waals surface area (Å²) in [6.45, 7) is -0.491. The van der Waals surface area contributed by atoms with Crippen molar-refractivity contribution in [3.8, 4) is 17.6 Å². The van der Waals surface area contributed by atoms with E-state index in [1.165, 1.54) is 0 Å². The Kier molecular flexibility index (Phi) is 4.91. The third kappa shape index (κ3) is 3.65. The topological polar surface area (TPSA) is 50.9 Å². The standard InChI is InChI=1S/C23H23F2N3O/c1-3-5-15-6-4-7-17(12-15)23(14-28(2)22(26)27-23)18-10-11-20(29-21(24)25)19(13-18)16-8-9-16/h4,6-7,10-13,16,21H,8-9,14H2,1-2H3,(H2,26,27)/t23-/m0/s1. The minimum absolute atomic E-state index is 0.246. The largest absolute Gasteiger partial charge is 0.435 e. The van der Waals surface area contributed by atoms with E-state index in [0.29, 0.717) is 12.5 Å². The number of alkyl halides is 2. The minimum atomic E-state index is -2.84. The fourth-order valence-corrected chi connectivity index (χ4v) is 3.94. The molecule has 1 atom stereocenters. The van der Waals surface area contributed by atoms with Gasteiger partial charge in [-0.05, 0) is 66.6 Å². The summed E-state index contributed by atoms with van der Waals surface area (Å²) in [5.41, 5.74) is 9.02. The van der Waals surface area contributed by atoms with Crippen LogP contribution in [0.2, 0.25) is 0 Å². The molecule has 2 aromatic carbocycles. The summed E-state index contributed by atoms with van der Waals surface area (Å²) in [4.78, 5) is 6.74. The summed E-state index contributed by atoms with van der Waals surface area (Å²) in [5, 5.41) is 0. The molecule has 0 saturated heterocycles. The number of rotatable bonds is 5. The van der Waals surface area contributed by atoms with Crippen LogP contribution in [-0.4, -0.2) is 31.1 Å². The van der Waals surface area contributed by atoms with E-state index in [0.717, 1.165) is 35.1 Å². The van der Waals surface area contributed by atoms with Gasteiger partial charge in [-0.15, -0.1) is 5.92 Å². The van der Waals surface area contributed by atoms with Crippen molar-refractivity contribution in [1.29, 1.82) is 0 Å². The van der Waals surface area contributed by atoms with Crippen molar-refractivity contribution in [3.63, 3.8) is 0 Å². The zero-order valence-electron chi connectivity index (χ0n) is 16.5. The molecule has 0 aromatic heterocycles. The molecule has 2 aliphatic rings. The lowest BCUT2D eigenvalue weighted by Crippen LogP contribution is -2.35. The normalized spacial score (nSPS) is 21.0. The van der Waals surface area contributed by atoms with Crippen LogP contribution >= 0.6 is 0 Å². The number of benzene rings is 2. The van der Waals surface area contributed by atoms with Crippen LogP contribution in [-0.2, 0) is 5.54 Å². The van der Waals surface area contributed by atoms with Crippen molar-refractivity contribution in [3.05, 3.63) is 64.7 Å². The second-order valence-corrected chi connectivity index (χ2v) is 7.55. The SMILES string of the molecule is CC#Cc1cccc([C@]2(c3ccc(OC(F)F)c(C4CC4)c3)CN(C)C(N)=N2)c1. The molecule has 0 amide bonds. The van der Waals surface area contributed by atoms with Crippen molar-refractivity contribution in [2.24, 2.45) is 10.7 Å². The molecule has 4 nitrogen and oxygen atoms in total. The Balaban J connectivity index is 1.86. The fraction of sp³-hybridized carbons (Fsp3) is 0.348. The average molecular weight is 395 g/mol. The molecule has 1 saturated carbocycles. The van der Waals surface area contributed by atoms with Crippen LogP contribution in [0, 0.1) is 11.8 Å². The first kappa shape index (κ1) is 19.3. The highest BCUT2D eigenvalue weighted by Gasteiger charge is 2.42. The zero-order chi connectivity index (χ0) is 20.6. The maximum atomic E-state index is 12.9. The molecule has 0 spiro atoms. The van der Waals surface area contributed by atoms with Crippen molar-refractivity contribution >= 4 is 5.96 Å². The Morgan fingerprint density at radius 1 is 1.21 bits per heavy atom. The zero-order valence-corrected chi connectivity index (χ0v) is 16.5. The molecule has 2 N–H and O–H groups in total. The number of hydrogen-bond acceptors (Lipinski definition) is 4. The van der Waals surface area contributed by atoms with Crippen LogP contribution in [0.3, 0.4) is 0 Å². The molecule has 150 valence electrons. The lowest BCUT2D eigenvalue weighted by atomic mass is 9.82. The van der Waals surface area contributed by atoms with E-state index in [1.54, 1.807) is 13.0 Å². The minimum Gasteiger partial charge on any atom is -0.435 e. The Hall–Kier alpha value is -3.07. The molecular formula is C23H23F2N3O. The monoisotopic (exact) mass is 395 g/mol. The molecule has 1 aliphatic carbocycles. The van der Waals surface area contributed by atoms with Gasteiger partial charge in [0.1, 0.15) is 11.3 Å². The predicted molar refractivity (Wildman–Crippen MR) is 109 cm³/mol. The van der Waals surface area contributed by atoms with Gasteiger partial charge in [-0.1, -0.05) is 24.1 Å². The molecule has 1 heterocycles. The van der Waals surface area contributed by atoms with Gasteiger partial charge in [-0.2, -0.15) is 8.78 Å². The van der Waals surface area contributed by atoms with Crippen LogP contribution in [0.15, 0.2) is 47.5 Å². The van der Waals surface area contributed by atoms with Gasteiger partial charge in [0.2, 0.25) is 0 Å². The van der Waals surface area contributed by atoms with Crippen LogP contribution < -0.4 is 10.5 Å². The highest BCUT2D eigenvalue weighted by atomic mass is 19.3. The number of nitrogens with two attached hydrogens (primary N) is 1. The van der Waals surface area contributed by atoms with E-state index in [-0.39, 0.29) is 11.7 Å². The summed E-state index contributed by atoms with van der Waals surface area (Å²) >= 11 is 0. The van der Waals surface area contributed by atoms with Gasteiger partial charge in [0.15, 0.2) is 5.96 Å². The third-order valence-electron chi connectivity index (χ3n) is 5.49. The van der Waals surface area contributed by atoms with E-state index < -0.39 is 12.2 Å². The quantitative estimate of drug-likeness (QED) is 0.778. The number of likely N-dealkylation sites (N-methyl/N-ethyl adjacent to an activating group) is 1. The Bertz CT molecular complexity index is 1020. The molecule has 0 unspecified atom stereocenters. The molecule has 2 aromatic rings. The maximum Gasteiger partial charge on any atom is 0.387 e. The molecular weight excluding hydrogens is 372 g/mol. The highest BCUT2D eigenvalue weighted by molar-refractivity contribution is 5.81. The average Bonchev–Trinajstić information content (AvgIpc) is 3.48. The molecule has 0 bridgehead atoms. The van der Waals surface area contributed by atoms with Crippen LogP contribution in [0.1, 0.15) is 47.9 Å². The Morgan fingerprint density at radius 3 is 2.59 bits per heavy atom. The van der Waals surface area contributed by atoms with E-state index >= 15 is 0 Å². The number of halogens is 2. The summed E-state index contributed by atoms with van der Waals surface area (Å²) in [6.07, 6.45) is 1.95. The highest BCUT2D eigenvalue weighted by Crippen LogP contribution is 2.47. The van der Waals surface area contributed by atoms with E-state index in [9.17, 15) is 8.78 Å². The summed E-state index contributed by atoms with van der Waals surface area (Å²) in [6, 6.07) is 13.4. The van der Waals surface area contributed by atoms with Crippen molar-refractivity contribution in [2.45, 2.75) is 37.8 Å². The maximum absolute atomic E-state index is 12.9. The lowest BCUT2D eigenvalue weighted by molar-refractivity contribution is -0.0504. The number of nitrogens with zero attached hydrogens (tertiary/aromatic N) is 2. The number of ether oxygens (including phenoxy) is 1.